The highest BCUT2D eigenvalue weighted by Gasteiger charge is 2.36. The normalized spacial score (nSPS) is 18.1. The van der Waals surface area contributed by atoms with Crippen LogP contribution in [0.1, 0.15) is 27.7 Å². The van der Waals surface area contributed by atoms with E-state index in [9.17, 15) is 23.4 Å². The van der Waals surface area contributed by atoms with Crippen LogP contribution in [0, 0.1) is 0 Å². The zero-order chi connectivity index (χ0) is 22.7. The lowest BCUT2D eigenvalue weighted by atomic mass is 9.93. The predicted molar refractivity (Wildman–Crippen MR) is 116 cm³/mol. The van der Waals surface area contributed by atoms with E-state index in [1.165, 1.54) is 53.8 Å². The van der Waals surface area contributed by atoms with Crippen molar-refractivity contribution in [3.63, 3.8) is 0 Å². The second kappa shape index (κ2) is 8.85. The number of hydrogen-bond donors (Lipinski definition) is 2. The van der Waals surface area contributed by atoms with Gasteiger partial charge >= 0.3 is 0 Å². The molecular formula is C22H20N4O5S. The molecule has 2 N–H and O–H groups in total. The number of sulfone groups is 1. The Morgan fingerprint density at radius 1 is 1.00 bits per heavy atom. The van der Waals surface area contributed by atoms with Gasteiger partial charge in [-0.25, -0.2) is 23.4 Å². The lowest BCUT2D eigenvalue weighted by Gasteiger charge is -2.24. The summed E-state index contributed by atoms with van der Waals surface area (Å²) in [5, 5.41) is 24.7. The minimum atomic E-state index is -3.63. The molecule has 10 heteroatoms. The van der Waals surface area contributed by atoms with Crippen molar-refractivity contribution in [2.75, 3.05) is 6.61 Å². The molecule has 0 bridgehead atoms. The molecule has 2 heterocycles. The molecular weight excluding hydrogens is 432 g/mol. The van der Waals surface area contributed by atoms with Gasteiger partial charge in [0.15, 0.2) is 9.84 Å². The van der Waals surface area contributed by atoms with Crippen molar-refractivity contribution in [1.29, 1.82) is 0 Å². The quantitative estimate of drug-likeness (QED) is 0.582. The van der Waals surface area contributed by atoms with E-state index in [1.54, 1.807) is 24.4 Å². The molecule has 2 aromatic carbocycles. The average molecular weight is 452 g/mol. The number of aliphatic hydroxyl groups excluding tert-OH is 1. The number of amides is 1. The van der Waals surface area contributed by atoms with Crippen molar-refractivity contribution in [2.45, 2.75) is 22.6 Å². The third-order valence-corrected chi connectivity index (χ3v) is 6.78. The fourth-order valence-electron chi connectivity index (χ4n) is 3.47. The Hall–Kier alpha value is -3.63. The molecule has 1 aliphatic rings. The van der Waals surface area contributed by atoms with Gasteiger partial charge in [0.2, 0.25) is 0 Å². The van der Waals surface area contributed by atoms with Gasteiger partial charge in [0.1, 0.15) is 17.3 Å². The van der Waals surface area contributed by atoms with E-state index in [-0.39, 0.29) is 28.8 Å². The fourth-order valence-corrected chi connectivity index (χ4v) is 4.68. The molecule has 0 radical (unpaired) electrons. The fraction of sp³-hybridized carbons (Fsp3) is 0.182. The first kappa shape index (κ1) is 21.6. The lowest BCUT2D eigenvalue weighted by molar-refractivity contribution is 0.0627. The van der Waals surface area contributed by atoms with Crippen molar-refractivity contribution in [2.24, 2.45) is 5.10 Å². The van der Waals surface area contributed by atoms with Crippen molar-refractivity contribution in [3.8, 4) is 5.75 Å². The number of aromatic nitrogens is 2. The van der Waals surface area contributed by atoms with Crippen LogP contribution in [0.15, 0.2) is 77.0 Å². The number of rotatable bonds is 6. The number of benzene rings is 2. The van der Waals surface area contributed by atoms with Crippen LogP contribution in [-0.2, 0) is 15.6 Å². The van der Waals surface area contributed by atoms with E-state index in [0.717, 1.165) is 0 Å². The topological polar surface area (TPSA) is 133 Å². The Morgan fingerprint density at radius 2 is 1.66 bits per heavy atom. The van der Waals surface area contributed by atoms with Crippen molar-refractivity contribution < 1.29 is 23.4 Å². The summed E-state index contributed by atoms with van der Waals surface area (Å²) in [5.74, 6) is -0.882. The zero-order valence-corrected chi connectivity index (χ0v) is 17.6. The summed E-state index contributed by atoms with van der Waals surface area (Å²) >= 11 is 0. The van der Waals surface area contributed by atoms with Crippen LogP contribution < -0.4 is 0 Å². The maximum atomic E-state index is 12.8. The van der Waals surface area contributed by atoms with Crippen molar-refractivity contribution in [3.05, 3.63) is 83.9 Å². The summed E-state index contributed by atoms with van der Waals surface area (Å²) in [6.07, 6.45) is 4.53. The van der Waals surface area contributed by atoms with Gasteiger partial charge in [-0.1, -0.05) is 12.1 Å². The predicted octanol–water partition coefficient (Wildman–Crippen LogP) is 1.74. The zero-order valence-electron chi connectivity index (χ0n) is 16.8. The van der Waals surface area contributed by atoms with Crippen LogP contribution in [0.4, 0.5) is 0 Å². The number of hydrazone groups is 1. The number of aliphatic hydroxyl groups is 1. The van der Waals surface area contributed by atoms with Gasteiger partial charge in [-0.2, -0.15) is 5.10 Å². The van der Waals surface area contributed by atoms with Crippen LogP contribution in [0.2, 0.25) is 0 Å². The molecule has 32 heavy (non-hydrogen) atoms. The largest absolute Gasteiger partial charge is 0.508 e. The molecule has 9 nitrogen and oxygen atoms in total. The van der Waals surface area contributed by atoms with E-state index >= 15 is 0 Å². The summed E-state index contributed by atoms with van der Waals surface area (Å²) in [4.78, 5) is 20.8. The Labute approximate surface area is 184 Å². The minimum Gasteiger partial charge on any atom is -0.508 e. The summed E-state index contributed by atoms with van der Waals surface area (Å²) < 4.78 is 25.3. The smallest absolute Gasteiger partial charge is 0.274 e. The second-order valence-corrected chi connectivity index (χ2v) is 9.22. The number of carbonyl (C=O) groups is 1. The first-order chi connectivity index (χ1) is 15.4. The molecule has 164 valence electrons. The van der Waals surface area contributed by atoms with Gasteiger partial charge in [-0.3, -0.25) is 4.79 Å². The van der Waals surface area contributed by atoms with Crippen LogP contribution >= 0.6 is 0 Å². The molecule has 2 atom stereocenters. The lowest BCUT2D eigenvalue weighted by Crippen LogP contribution is -2.38. The second-order valence-electron chi connectivity index (χ2n) is 7.23. The van der Waals surface area contributed by atoms with E-state index in [4.69, 9.17) is 0 Å². The SMILES string of the molecule is O=C(c1ccc(O)cc1)N1N=CC(c2ccc(S(=O)(=O)Cc3ncccn3)cc2)C1CO. The van der Waals surface area contributed by atoms with Gasteiger partial charge in [-0.15, -0.1) is 0 Å². The van der Waals surface area contributed by atoms with Gasteiger partial charge in [0.05, 0.1) is 17.5 Å². The van der Waals surface area contributed by atoms with E-state index in [1.807, 2.05) is 0 Å². The number of nitrogens with zero attached hydrogens (tertiary/aromatic N) is 4. The molecule has 0 saturated heterocycles. The molecule has 0 fully saturated rings. The van der Waals surface area contributed by atoms with Crippen molar-refractivity contribution in [1.82, 2.24) is 15.0 Å². The van der Waals surface area contributed by atoms with Gasteiger partial charge < -0.3 is 10.2 Å². The first-order valence-corrected chi connectivity index (χ1v) is 11.4. The molecule has 1 aliphatic heterocycles. The molecule has 3 aromatic rings. The van der Waals surface area contributed by atoms with E-state index in [0.29, 0.717) is 11.1 Å². The van der Waals surface area contributed by atoms with Crippen LogP contribution in [0.25, 0.3) is 0 Å². The summed E-state index contributed by atoms with van der Waals surface area (Å²) in [5.41, 5.74) is 1.03. The Kier molecular flexibility index (Phi) is 5.97. The maximum Gasteiger partial charge on any atom is 0.274 e. The Balaban J connectivity index is 1.52. The number of phenols is 1. The van der Waals surface area contributed by atoms with Gasteiger partial charge in [0, 0.05) is 30.1 Å². The van der Waals surface area contributed by atoms with Crippen LogP contribution in [0.5, 0.6) is 5.75 Å². The number of carbonyl (C=O) groups excluding carboxylic acids is 1. The monoisotopic (exact) mass is 452 g/mol. The summed E-state index contributed by atoms with van der Waals surface area (Å²) in [7, 11) is -3.63. The number of aromatic hydroxyl groups is 1. The highest BCUT2D eigenvalue weighted by Crippen LogP contribution is 2.30. The Bertz CT molecular complexity index is 1230. The number of phenolic OH excluding ortho intramolecular Hbond substituents is 1. The third kappa shape index (κ3) is 4.36. The molecule has 0 aliphatic carbocycles. The third-order valence-electron chi connectivity index (χ3n) is 5.15. The Morgan fingerprint density at radius 3 is 2.28 bits per heavy atom. The van der Waals surface area contributed by atoms with E-state index in [2.05, 4.69) is 15.1 Å². The van der Waals surface area contributed by atoms with Crippen LogP contribution in [-0.4, -0.2) is 58.4 Å². The average Bonchev–Trinajstić information content (AvgIpc) is 3.24. The highest BCUT2D eigenvalue weighted by atomic mass is 32.2. The highest BCUT2D eigenvalue weighted by molar-refractivity contribution is 7.90. The molecule has 0 spiro atoms. The molecule has 1 aromatic heterocycles. The maximum absolute atomic E-state index is 12.8. The van der Waals surface area contributed by atoms with Crippen molar-refractivity contribution >= 4 is 22.0 Å². The summed E-state index contributed by atoms with van der Waals surface area (Å²) in [6, 6.07) is 13.0. The first-order valence-electron chi connectivity index (χ1n) is 9.75. The molecule has 1 amide bonds. The van der Waals surface area contributed by atoms with E-state index < -0.39 is 27.7 Å². The minimum absolute atomic E-state index is 0.0388. The van der Waals surface area contributed by atoms with Gasteiger partial charge in [0.25, 0.3) is 5.91 Å². The number of hydrogen-bond acceptors (Lipinski definition) is 8. The van der Waals surface area contributed by atoms with Crippen LogP contribution in [0.3, 0.4) is 0 Å². The standard InChI is InChI=1S/C22H20N4O5S/c27-13-20-19(12-25-26(20)22(29)16-2-6-17(28)7-3-16)15-4-8-18(9-5-15)32(30,31)14-21-23-10-1-11-24-21/h1-12,19-20,27-28H,13-14H2. The van der Waals surface area contributed by atoms with Gasteiger partial charge in [-0.05, 0) is 48.0 Å². The molecule has 2 unspecified atom stereocenters. The molecule has 4 rings (SSSR count). The summed E-state index contributed by atoms with van der Waals surface area (Å²) in [6.45, 7) is -0.333. The molecule has 0 saturated carbocycles.